The topological polar surface area (TPSA) is 29.5 Å². The van der Waals surface area contributed by atoms with E-state index in [4.69, 9.17) is 8.83 Å². The van der Waals surface area contributed by atoms with E-state index in [2.05, 4.69) is 157 Å². The van der Waals surface area contributed by atoms with Crippen LogP contribution in [0.3, 0.4) is 0 Å². The van der Waals surface area contributed by atoms with Crippen LogP contribution in [0.25, 0.3) is 87.7 Å². The van der Waals surface area contributed by atoms with Crippen molar-refractivity contribution >= 4 is 82.5 Å². The molecule has 0 atom stereocenters. The third-order valence-corrected chi connectivity index (χ3v) is 9.95. The van der Waals surface area contributed by atoms with E-state index in [-0.39, 0.29) is 0 Å². The lowest BCUT2D eigenvalue weighted by molar-refractivity contribution is 0.670. The molecule has 3 nitrogen and oxygen atoms in total. The molecular weight excluding hydrogens is 574 g/mol. The van der Waals surface area contributed by atoms with Crippen LogP contribution in [-0.4, -0.2) is 0 Å². The van der Waals surface area contributed by atoms with Gasteiger partial charge in [0, 0.05) is 43.4 Å². The maximum atomic E-state index is 6.95. The Bertz CT molecular complexity index is 2910. The summed E-state index contributed by atoms with van der Waals surface area (Å²) < 4.78 is 13.7. The maximum Gasteiger partial charge on any atom is 0.159 e. The molecule has 0 saturated carbocycles. The predicted octanol–water partition coefficient (Wildman–Crippen LogP) is 12.9. The second kappa shape index (κ2) is 9.12. The lowest BCUT2D eigenvalue weighted by Gasteiger charge is -2.33. The van der Waals surface area contributed by atoms with Gasteiger partial charge in [-0.15, -0.1) is 0 Å². The summed E-state index contributed by atoms with van der Waals surface area (Å²) in [4.78, 5) is 2.40. The molecule has 0 spiro atoms. The van der Waals surface area contributed by atoms with E-state index in [0.29, 0.717) is 0 Å². The molecule has 3 heterocycles. The molecule has 1 aliphatic heterocycles. The minimum atomic E-state index is 0.872. The summed E-state index contributed by atoms with van der Waals surface area (Å²) in [6, 6.07) is 54.0. The zero-order valence-electron chi connectivity index (χ0n) is 25.2. The number of fused-ring (bicyclic) bond motifs is 10. The van der Waals surface area contributed by atoms with Crippen LogP contribution < -0.4 is 4.90 Å². The number of benzene rings is 8. The first-order chi connectivity index (χ1) is 23.3. The van der Waals surface area contributed by atoms with E-state index < -0.39 is 0 Å². The monoisotopic (exact) mass is 599 g/mol. The first-order valence-electron chi connectivity index (χ1n) is 16.0. The van der Waals surface area contributed by atoms with Crippen molar-refractivity contribution in [2.24, 2.45) is 0 Å². The van der Waals surface area contributed by atoms with Crippen LogP contribution in [0.2, 0.25) is 0 Å². The van der Waals surface area contributed by atoms with Crippen LogP contribution in [0.4, 0.5) is 17.1 Å². The highest BCUT2D eigenvalue weighted by Gasteiger charge is 2.30. The van der Waals surface area contributed by atoms with Gasteiger partial charge in [0.2, 0.25) is 0 Å². The Morgan fingerprint density at radius 1 is 0.362 bits per heavy atom. The summed E-state index contributed by atoms with van der Waals surface area (Å²) in [5, 5.41) is 9.11. The Morgan fingerprint density at radius 2 is 1.02 bits per heavy atom. The third-order valence-electron chi connectivity index (χ3n) is 9.95. The Hall–Kier alpha value is -6.32. The molecule has 218 valence electrons. The summed E-state index contributed by atoms with van der Waals surface area (Å²) in [6.07, 6.45) is 0. The summed E-state index contributed by atoms with van der Waals surface area (Å²) in [5.41, 5.74) is 11.5. The molecule has 2 aromatic heterocycles. The summed E-state index contributed by atoms with van der Waals surface area (Å²) >= 11 is 0. The van der Waals surface area contributed by atoms with Crippen molar-refractivity contribution in [2.75, 3.05) is 4.90 Å². The smallest absolute Gasteiger partial charge is 0.159 e. The van der Waals surface area contributed by atoms with Crippen molar-refractivity contribution in [3.63, 3.8) is 0 Å². The van der Waals surface area contributed by atoms with Crippen LogP contribution in [0.1, 0.15) is 0 Å². The number of anilines is 3. The quantitative estimate of drug-likeness (QED) is 0.198. The van der Waals surface area contributed by atoms with Crippen molar-refractivity contribution in [3.8, 4) is 22.3 Å². The van der Waals surface area contributed by atoms with Gasteiger partial charge in [-0.2, -0.15) is 0 Å². The first-order valence-corrected chi connectivity index (χ1v) is 16.0. The Balaban J connectivity index is 1.26. The molecule has 0 bridgehead atoms. The molecule has 47 heavy (non-hydrogen) atoms. The highest BCUT2D eigenvalue weighted by molar-refractivity contribution is 6.26. The molecule has 0 radical (unpaired) electrons. The third kappa shape index (κ3) is 3.35. The summed E-state index contributed by atoms with van der Waals surface area (Å²) in [5.74, 6) is 0. The molecule has 11 rings (SSSR count). The van der Waals surface area contributed by atoms with Gasteiger partial charge in [0.25, 0.3) is 0 Å². The lowest BCUT2D eigenvalue weighted by atomic mass is 9.89. The van der Waals surface area contributed by atoms with Gasteiger partial charge in [-0.05, 0) is 52.2 Å². The number of rotatable bonds is 2. The number of furan rings is 2. The number of hydrogen-bond acceptors (Lipinski definition) is 3. The second-order valence-corrected chi connectivity index (χ2v) is 12.5. The zero-order valence-corrected chi connectivity index (χ0v) is 25.2. The van der Waals surface area contributed by atoms with Crippen LogP contribution in [0.15, 0.2) is 160 Å². The average Bonchev–Trinajstić information content (AvgIpc) is 3.70. The van der Waals surface area contributed by atoms with Gasteiger partial charge in [0.15, 0.2) is 5.58 Å². The van der Waals surface area contributed by atoms with Gasteiger partial charge in [-0.25, -0.2) is 0 Å². The fourth-order valence-corrected chi connectivity index (χ4v) is 7.88. The molecule has 0 amide bonds. The molecule has 8 aromatic carbocycles. The van der Waals surface area contributed by atoms with Gasteiger partial charge >= 0.3 is 0 Å². The predicted molar refractivity (Wildman–Crippen MR) is 195 cm³/mol. The van der Waals surface area contributed by atoms with Gasteiger partial charge in [-0.3, -0.25) is 0 Å². The van der Waals surface area contributed by atoms with E-state index in [1.165, 1.54) is 27.3 Å². The fraction of sp³-hybridized carbons (Fsp3) is 0. The van der Waals surface area contributed by atoms with Crippen molar-refractivity contribution < 1.29 is 8.83 Å². The molecule has 3 heteroatoms. The zero-order chi connectivity index (χ0) is 30.6. The molecule has 0 fully saturated rings. The minimum Gasteiger partial charge on any atom is -0.455 e. The van der Waals surface area contributed by atoms with Gasteiger partial charge < -0.3 is 13.7 Å². The Morgan fingerprint density at radius 3 is 1.89 bits per heavy atom. The first kappa shape index (κ1) is 24.9. The van der Waals surface area contributed by atoms with Crippen molar-refractivity contribution in [3.05, 3.63) is 152 Å². The van der Waals surface area contributed by atoms with E-state index >= 15 is 0 Å². The van der Waals surface area contributed by atoms with Crippen LogP contribution in [-0.2, 0) is 0 Å². The van der Waals surface area contributed by atoms with Crippen LogP contribution in [0.5, 0.6) is 0 Å². The standard InChI is InChI=1S/C44H25NO2/c1-2-11-26(12-3-1)29-16-8-18-32-33-19-10-22-38(44(33)47-42(29)32)45-37-21-7-6-15-30(37)31-17-9-20-34-41(31)39(45)25-36-35-23-27-13-4-5-14-28(27)24-40(35)46-43(34)36/h1-25H. The summed E-state index contributed by atoms with van der Waals surface area (Å²) in [7, 11) is 0. The summed E-state index contributed by atoms with van der Waals surface area (Å²) in [6.45, 7) is 0. The number of para-hydroxylation sites is 3. The van der Waals surface area contributed by atoms with Crippen molar-refractivity contribution in [2.45, 2.75) is 0 Å². The Kier molecular flexibility index (Phi) is 4.84. The van der Waals surface area contributed by atoms with Gasteiger partial charge in [0.1, 0.15) is 16.7 Å². The van der Waals surface area contributed by atoms with E-state index in [9.17, 15) is 0 Å². The Labute approximate surface area is 269 Å². The molecule has 1 aliphatic rings. The molecule has 0 aliphatic carbocycles. The number of nitrogens with zero attached hydrogens (tertiary/aromatic N) is 1. The molecule has 0 unspecified atom stereocenters. The SMILES string of the molecule is c1ccc(-c2cccc3c2oc2c(N4c5ccccc5-c5cccc6c5c4cc4c5cc7ccccc7cc5oc64)cccc23)cc1. The molecule has 10 aromatic rings. The van der Waals surface area contributed by atoms with E-state index in [1.54, 1.807) is 0 Å². The van der Waals surface area contributed by atoms with E-state index in [1.807, 2.05) is 0 Å². The maximum absolute atomic E-state index is 6.95. The highest BCUT2D eigenvalue weighted by atomic mass is 16.3. The van der Waals surface area contributed by atoms with Crippen molar-refractivity contribution in [1.29, 1.82) is 0 Å². The number of hydrogen-bond donors (Lipinski definition) is 0. The fourth-order valence-electron chi connectivity index (χ4n) is 7.88. The molecule has 0 N–H and O–H groups in total. The van der Waals surface area contributed by atoms with E-state index in [0.717, 1.165) is 77.5 Å². The molecular formula is C44H25NO2. The van der Waals surface area contributed by atoms with Gasteiger partial charge in [-0.1, -0.05) is 121 Å². The highest BCUT2D eigenvalue weighted by Crippen LogP contribution is 2.55. The normalized spacial score (nSPS) is 12.6. The lowest BCUT2D eigenvalue weighted by Crippen LogP contribution is -2.15. The minimum absolute atomic E-state index is 0.872. The largest absolute Gasteiger partial charge is 0.455 e. The second-order valence-electron chi connectivity index (χ2n) is 12.5. The van der Waals surface area contributed by atoms with Crippen LogP contribution >= 0.6 is 0 Å². The molecule has 0 saturated heterocycles. The van der Waals surface area contributed by atoms with Gasteiger partial charge in [0.05, 0.1) is 17.1 Å². The average molecular weight is 600 g/mol. The van der Waals surface area contributed by atoms with Crippen LogP contribution in [0, 0.1) is 0 Å². The van der Waals surface area contributed by atoms with Crippen molar-refractivity contribution in [1.82, 2.24) is 0 Å².